The first-order valence-corrected chi connectivity index (χ1v) is 6.99. The lowest BCUT2D eigenvalue weighted by Gasteiger charge is -2.36. The first-order chi connectivity index (χ1) is 10.2. The summed E-state index contributed by atoms with van der Waals surface area (Å²) in [6.45, 7) is 1.49. The van der Waals surface area contributed by atoms with Crippen molar-refractivity contribution in [3.8, 4) is 0 Å². The molecule has 1 aromatic heterocycles. The molecule has 1 amide bonds. The SMILES string of the molecule is O=C(Nc1cccc(F)c1)C1(n2cccn2)CCNCC1. The smallest absolute Gasteiger partial charge is 0.252 e. The summed E-state index contributed by atoms with van der Waals surface area (Å²) >= 11 is 0. The van der Waals surface area contributed by atoms with Gasteiger partial charge >= 0.3 is 0 Å². The zero-order chi connectivity index (χ0) is 14.7. The predicted molar refractivity (Wildman–Crippen MR) is 77.3 cm³/mol. The molecule has 0 spiro atoms. The van der Waals surface area contributed by atoms with Crippen LogP contribution >= 0.6 is 0 Å². The highest BCUT2D eigenvalue weighted by atomic mass is 19.1. The fourth-order valence-electron chi connectivity index (χ4n) is 2.74. The molecule has 2 aromatic rings. The van der Waals surface area contributed by atoms with Crippen LogP contribution in [0.3, 0.4) is 0 Å². The van der Waals surface area contributed by atoms with E-state index in [-0.39, 0.29) is 11.7 Å². The predicted octanol–water partition coefficient (Wildman–Crippen LogP) is 1.74. The van der Waals surface area contributed by atoms with E-state index in [1.807, 2.05) is 0 Å². The van der Waals surface area contributed by atoms with E-state index < -0.39 is 5.54 Å². The van der Waals surface area contributed by atoms with Gasteiger partial charge in [0.15, 0.2) is 0 Å². The highest BCUT2D eigenvalue weighted by Crippen LogP contribution is 2.28. The topological polar surface area (TPSA) is 59.0 Å². The Morgan fingerprint density at radius 1 is 1.33 bits per heavy atom. The molecule has 3 rings (SSSR count). The lowest BCUT2D eigenvalue weighted by molar-refractivity contribution is -0.126. The summed E-state index contributed by atoms with van der Waals surface area (Å²) in [5.41, 5.74) is -0.258. The Morgan fingerprint density at radius 2 is 2.14 bits per heavy atom. The Morgan fingerprint density at radius 3 is 2.81 bits per heavy atom. The number of halogens is 1. The molecular weight excluding hydrogens is 271 g/mol. The summed E-state index contributed by atoms with van der Waals surface area (Å²) in [5, 5.41) is 10.3. The summed E-state index contributed by atoms with van der Waals surface area (Å²) in [7, 11) is 0. The molecular formula is C15H17FN4O. The highest BCUT2D eigenvalue weighted by Gasteiger charge is 2.42. The van der Waals surface area contributed by atoms with Crippen molar-refractivity contribution in [2.24, 2.45) is 0 Å². The fourth-order valence-corrected chi connectivity index (χ4v) is 2.74. The molecule has 1 aliphatic rings. The molecule has 0 aliphatic carbocycles. The van der Waals surface area contributed by atoms with Crippen molar-refractivity contribution >= 4 is 11.6 Å². The number of aromatic nitrogens is 2. The maximum Gasteiger partial charge on any atom is 0.252 e. The summed E-state index contributed by atoms with van der Waals surface area (Å²) in [5.74, 6) is -0.524. The summed E-state index contributed by atoms with van der Waals surface area (Å²) in [4.78, 5) is 12.8. The van der Waals surface area contributed by atoms with Crippen molar-refractivity contribution in [1.82, 2.24) is 15.1 Å². The maximum absolute atomic E-state index is 13.2. The average molecular weight is 288 g/mol. The molecule has 0 unspecified atom stereocenters. The minimum atomic E-state index is -0.721. The van der Waals surface area contributed by atoms with Crippen LogP contribution in [0.1, 0.15) is 12.8 Å². The van der Waals surface area contributed by atoms with Crippen molar-refractivity contribution < 1.29 is 9.18 Å². The van der Waals surface area contributed by atoms with Crippen LogP contribution in [0, 0.1) is 5.82 Å². The number of piperidine rings is 1. The molecule has 5 nitrogen and oxygen atoms in total. The lowest BCUT2D eigenvalue weighted by Crippen LogP contribution is -2.52. The van der Waals surface area contributed by atoms with E-state index in [0.29, 0.717) is 18.5 Å². The minimum Gasteiger partial charge on any atom is -0.324 e. The molecule has 1 fully saturated rings. The fraction of sp³-hybridized carbons (Fsp3) is 0.333. The highest BCUT2D eigenvalue weighted by molar-refractivity contribution is 5.96. The average Bonchev–Trinajstić information content (AvgIpc) is 3.02. The molecule has 1 aromatic carbocycles. The van der Waals surface area contributed by atoms with E-state index >= 15 is 0 Å². The Bertz CT molecular complexity index is 620. The summed E-state index contributed by atoms with van der Waals surface area (Å²) in [6.07, 6.45) is 4.77. The molecule has 0 saturated carbocycles. The summed E-state index contributed by atoms with van der Waals surface area (Å²) < 4.78 is 15.0. The van der Waals surface area contributed by atoms with E-state index in [1.54, 1.807) is 35.3 Å². The zero-order valence-corrected chi connectivity index (χ0v) is 11.6. The van der Waals surface area contributed by atoms with Crippen LogP contribution in [-0.4, -0.2) is 28.8 Å². The van der Waals surface area contributed by atoms with Crippen LogP contribution in [0.2, 0.25) is 0 Å². The van der Waals surface area contributed by atoms with Crippen molar-refractivity contribution in [2.75, 3.05) is 18.4 Å². The molecule has 1 saturated heterocycles. The van der Waals surface area contributed by atoms with E-state index in [2.05, 4.69) is 15.7 Å². The second-order valence-electron chi connectivity index (χ2n) is 5.20. The van der Waals surface area contributed by atoms with Gasteiger partial charge in [-0.2, -0.15) is 5.10 Å². The van der Waals surface area contributed by atoms with Gasteiger partial charge in [0, 0.05) is 18.1 Å². The number of amides is 1. The number of benzene rings is 1. The number of anilines is 1. The number of nitrogens with one attached hydrogen (secondary N) is 2. The first kappa shape index (κ1) is 13.8. The van der Waals surface area contributed by atoms with Gasteiger partial charge in [-0.3, -0.25) is 9.48 Å². The molecule has 2 heterocycles. The number of nitrogens with zero attached hydrogens (tertiary/aromatic N) is 2. The van der Waals surface area contributed by atoms with Crippen molar-refractivity contribution in [2.45, 2.75) is 18.4 Å². The number of carbonyl (C=O) groups excluding carboxylic acids is 1. The molecule has 1 aliphatic heterocycles. The number of hydrogen-bond acceptors (Lipinski definition) is 3. The van der Waals surface area contributed by atoms with Gasteiger partial charge in [0.2, 0.25) is 0 Å². The molecule has 0 atom stereocenters. The minimum absolute atomic E-state index is 0.154. The van der Waals surface area contributed by atoms with E-state index in [1.165, 1.54) is 12.1 Å². The number of hydrogen-bond donors (Lipinski definition) is 2. The number of rotatable bonds is 3. The van der Waals surface area contributed by atoms with Crippen LogP contribution in [0.5, 0.6) is 0 Å². The van der Waals surface area contributed by atoms with Gasteiger partial charge in [0.1, 0.15) is 11.4 Å². The van der Waals surface area contributed by atoms with Crippen LogP contribution in [0.25, 0.3) is 0 Å². The molecule has 21 heavy (non-hydrogen) atoms. The van der Waals surface area contributed by atoms with Gasteiger partial charge in [-0.15, -0.1) is 0 Å². The van der Waals surface area contributed by atoms with Gasteiger partial charge in [-0.25, -0.2) is 4.39 Å². The Labute approximate surface area is 122 Å². The molecule has 110 valence electrons. The van der Waals surface area contributed by atoms with E-state index in [0.717, 1.165) is 13.1 Å². The van der Waals surface area contributed by atoms with Gasteiger partial charge in [-0.1, -0.05) is 6.07 Å². The Hall–Kier alpha value is -2.21. The van der Waals surface area contributed by atoms with Crippen molar-refractivity contribution in [1.29, 1.82) is 0 Å². The zero-order valence-electron chi connectivity index (χ0n) is 11.6. The molecule has 6 heteroatoms. The third-order valence-corrected chi connectivity index (χ3v) is 3.88. The second kappa shape index (κ2) is 5.65. The molecule has 0 radical (unpaired) electrons. The monoisotopic (exact) mass is 288 g/mol. The largest absolute Gasteiger partial charge is 0.324 e. The second-order valence-corrected chi connectivity index (χ2v) is 5.20. The van der Waals surface area contributed by atoms with Gasteiger partial charge < -0.3 is 10.6 Å². The van der Waals surface area contributed by atoms with Gasteiger partial charge in [0.05, 0.1) is 0 Å². The van der Waals surface area contributed by atoms with Crippen LogP contribution in [0.15, 0.2) is 42.7 Å². The van der Waals surface area contributed by atoms with Gasteiger partial charge in [-0.05, 0) is 50.2 Å². The molecule has 0 bridgehead atoms. The van der Waals surface area contributed by atoms with Crippen LogP contribution < -0.4 is 10.6 Å². The van der Waals surface area contributed by atoms with Crippen molar-refractivity contribution in [3.05, 3.63) is 48.5 Å². The lowest BCUT2D eigenvalue weighted by atomic mass is 9.87. The third-order valence-electron chi connectivity index (χ3n) is 3.88. The third kappa shape index (κ3) is 2.67. The van der Waals surface area contributed by atoms with Crippen molar-refractivity contribution in [3.63, 3.8) is 0 Å². The Kier molecular flexibility index (Phi) is 3.70. The normalized spacial score (nSPS) is 17.4. The van der Waals surface area contributed by atoms with E-state index in [9.17, 15) is 9.18 Å². The summed E-state index contributed by atoms with van der Waals surface area (Å²) in [6, 6.07) is 7.73. The van der Waals surface area contributed by atoms with Gasteiger partial charge in [0.25, 0.3) is 5.91 Å². The quantitative estimate of drug-likeness (QED) is 0.904. The standard InChI is InChI=1S/C15H17FN4O/c16-12-3-1-4-13(11-12)19-14(21)15(5-8-17-9-6-15)20-10-2-7-18-20/h1-4,7,10-11,17H,5-6,8-9H2,(H,19,21). The van der Waals surface area contributed by atoms with E-state index in [4.69, 9.17) is 0 Å². The van der Waals surface area contributed by atoms with Crippen LogP contribution in [0.4, 0.5) is 10.1 Å². The number of carbonyl (C=O) groups is 1. The first-order valence-electron chi connectivity index (χ1n) is 6.99. The van der Waals surface area contributed by atoms with Crippen LogP contribution in [-0.2, 0) is 10.3 Å². The Balaban J connectivity index is 1.88. The maximum atomic E-state index is 13.2. The molecule has 2 N–H and O–H groups in total.